The number of rotatable bonds is 6. The molecule has 27 heavy (non-hydrogen) atoms. The van der Waals surface area contributed by atoms with Crippen molar-refractivity contribution < 1.29 is 9.59 Å². The fraction of sp³-hybridized carbons (Fsp3) is 0.550. The second kappa shape index (κ2) is 8.25. The van der Waals surface area contributed by atoms with Crippen molar-refractivity contribution in [2.75, 3.05) is 37.6 Å². The Morgan fingerprint density at radius 2 is 2.15 bits per heavy atom. The lowest BCUT2D eigenvalue weighted by molar-refractivity contribution is -0.127. The van der Waals surface area contributed by atoms with Crippen LogP contribution in [0.15, 0.2) is 24.3 Å². The SMILES string of the molecule is O=C(NCCCN1CCCC1=O)C1CCCN(c2nc3ccccc3s2)C1. The van der Waals surface area contributed by atoms with Gasteiger partial charge in [-0.2, -0.15) is 0 Å². The molecule has 2 aromatic rings. The van der Waals surface area contributed by atoms with Crippen LogP contribution in [0.1, 0.15) is 32.1 Å². The second-order valence-electron chi connectivity index (χ2n) is 7.38. The summed E-state index contributed by atoms with van der Waals surface area (Å²) in [5.41, 5.74) is 1.03. The molecule has 0 spiro atoms. The van der Waals surface area contributed by atoms with Crippen LogP contribution in [0.2, 0.25) is 0 Å². The Labute approximate surface area is 163 Å². The number of amides is 2. The molecule has 2 saturated heterocycles. The zero-order valence-corrected chi connectivity index (χ0v) is 16.3. The molecule has 0 saturated carbocycles. The van der Waals surface area contributed by atoms with Crippen LogP contribution in [0.25, 0.3) is 10.2 Å². The predicted octanol–water partition coefficient (Wildman–Crippen LogP) is 2.64. The minimum atomic E-state index is 0.0131. The molecule has 144 valence electrons. The molecule has 7 heteroatoms. The summed E-state index contributed by atoms with van der Waals surface area (Å²) in [7, 11) is 0. The largest absolute Gasteiger partial charge is 0.356 e. The molecule has 2 aliphatic heterocycles. The Balaban J connectivity index is 1.27. The molecule has 2 amide bonds. The summed E-state index contributed by atoms with van der Waals surface area (Å²) in [4.78, 5) is 33.1. The molecule has 1 aromatic carbocycles. The first kappa shape index (κ1) is 18.2. The Hall–Kier alpha value is -2.15. The fourth-order valence-electron chi connectivity index (χ4n) is 3.93. The fourth-order valence-corrected chi connectivity index (χ4v) is 4.93. The van der Waals surface area contributed by atoms with Gasteiger partial charge in [-0.15, -0.1) is 0 Å². The molecular formula is C20H26N4O2S. The maximum absolute atomic E-state index is 12.6. The number of aromatic nitrogens is 1. The van der Waals surface area contributed by atoms with E-state index in [2.05, 4.69) is 16.3 Å². The van der Waals surface area contributed by atoms with Crippen molar-refractivity contribution >= 4 is 38.5 Å². The van der Waals surface area contributed by atoms with Crippen LogP contribution in [0.4, 0.5) is 5.13 Å². The highest BCUT2D eigenvalue weighted by Gasteiger charge is 2.27. The molecule has 1 N–H and O–H groups in total. The number of anilines is 1. The van der Waals surface area contributed by atoms with Crippen molar-refractivity contribution in [3.63, 3.8) is 0 Å². The number of piperidine rings is 1. The molecule has 0 bridgehead atoms. The molecule has 0 radical (unpaired) electrons. The summed E-state index contributed by atoms with van der Waals surface area (Å²) in [5, 5.41) is 4.08. The highest BCUT2D eigenvalue weighted by Crippen LogP contribution is 2.31. The average Bonchev–Trinajstić information content (AvgIpc) is 3.31. The third-order valence-corrected chi connectivity index (χ3v) is 6.52. The van der Waals surface area contributed by atoms with E-state index in [4.69, 9.17) is 4.98 Å². The summed E-state index contributed by atoms with van der Waals surface area (Å²) in [6, 6.07) is 8.17. The van der Waals surface area contributed by atoms with Gasteiger partial charge >= 0.3 is 0 Å². The molecule has 1 aromatic heterocycles. The van der Waals surface area contributed by atoms with Crippen molar-refractivity contribution in [3.8, 4) is 0 Å². The minimum absolute atomic E-state index is 0.0131. The second-order valence-corrected chi connectivity index (χ2v) is 8.39. The summed E-state index contributed by atoms with van der Waals surface area (Å²) < 4.78 is 1.19. The van der Waals surface area contributed by atoms with E-state index in [0.717, 1.165) is 62.5 Å². The van der Waals surface area contributed by atoms with E-state index in [1.807, 2.05) is 23.1 Å². The lowest BCUT2D eigenvalue weighted by Crippen LogP contribution is -2.43. The molecule has 6 nitrogen and oxygen atoms in total. The number of hydrogen-bond donors (Lipinski definition) is 1. The van der Waals surface area contributed by atoms with E-state index < -0.39 is 0 Å². The smallest absolute Gasteiger partial charge is 0.224 e. The van der Waals surface area contributed by atoms with E-state index in [1.54, 1.807) is 11.3 Å². The van der Waals surface area contributed by atoms with Crippen molar-refractivity contribution in [1.82, 2.24) is 15.2 Å². The first-order valence-electron chi connectivity index (χ1n) is 9.87. The van der Waals surface area contributed by atoms with Gasteiger partial charge in [-0.25, -0.2) is 4.98 Å². The number of likely N-dealkylation sites (tertiary alicyclic amines) is 1. The average molecular weight is 387 g/mol. The van der Waals surface area contributed by atoms with Crippen LogP contribution in [0.3, 0.4) is 0 Å². The van der Waals surface area contributed by atoms with E-state index in [1.165, 1.54) is 4.70 Å². The molecule has 2 aliphatic rings. The first-order valence-corrected chi connectivity index (χ1v) is 10.7. The molecule has 0 aliphatic carbocycles. The van der Waals surface area contributed by atoms with Crippen LogP contribution in [0, 0.1) is 5.92 Å². The van der Waals surface area contributed by atoms with E-state index in [0.29, 0.717) is 13.0 Å². The zero-order valence-electron chi connectivity index (χ0n) is 15.5. The van der Waals surface area contributed by atoms with Gasteiger partial charge < -0.3 is 15.1 Å². The molecular weight excluding hydrogens is 360 g/mol. The lowest BCUT2D eigenvalue weighted by atomic mass is 9.97. The Morgan fingerprint density at radius 3 is 2.96 bits per heavy atom. The Morgan fingerprint density at radius 1 is 1.26 bits per heavy atom. The zero-order chi connectivity index (χ0) is 18.6. The number of para-hydroxylation sites is 1. The van der Waals surface area contributed by atoms with Crippen LogP contribution >= 0.6 is 11.3 Å². The van der Waals surface area contributed by atoms with Crippen molar-refractivity contribution in [2.45, 2.75) is 32.1 Å². The predicted molar refractivity (Wildman–Crippen MR) is 108 cm³/mol. The number of thiazole rings is 1. The maximum Gasteiger partial charge on any atom is 0.224 e. The number of fused-ring (bicyclic) bond motifs is 1. The van der Waals surface area contributed by atoms with Gasteiger partial charge in [0, 0.05) is 39.1 Å². The van der Waals surface area contributed by atoms with Gasteiger partial charge in [-0.1, -0.05) is 23.5 Å². The van der Waals surface area contributed by atoms with Crippen molar-refractivity contribution in [2.24, 2.45) is 5.92 Å². The quantitative estimate of drug-likeness (QED) is 0.775. The van der Waals surface area contributed by atoms with Crippen LogP contribution in [0.5, 0.6) is 0 Å². The lowest BCUT2D eigenvalue weighted by Gasteiger charge is -2.31. The van der Waals surface area contributed by atoms with Crippen molar-refractivity contribution in [3.05, 3.63) is 24.3 Å². The minimum Gasteiger partial charge on any atom is -0.356 e. The first-order chi connectivity index (χ1) is 13.2. The number of hydrogen-bond acceptors (Lipinski definition) is 5. The molecule has 3 heterocycles. The molecule has 4 rings (SSSR count). The highest BCUT2D eigenvalue weighted by atomic mass is 32.1. The summed E-state index contributed by atoms with van der Waals surface area (Å²) in [5.74, 6) is 0.396. The number of nitrogens with one attached hydrogen (secondary N) is 1. The van der Waals surface area contributed by atoms with Gasteiger partial charge in [0.1, 0.15) is 0 Å². The third kappa shape index (κ3) is 4.24. The van der Waals surface area contributed by atoms with E-state index >= 15 is 0 Å². The van der Waals surface area contributed by atoms with E-state index in [9.17, 15) is 9.59 Å². The van der Waals surface area contributed by atoms with Gasteiger partial charge in [0.05, 0.1) is 16.1 Å². The number of carbonyl (C=O) groups is 2. The highest BCUT2D eigenvalue weighted by molar-refractivity contribution is 7.22. The van der Waals surface area contributed by atoms with Gasteiger partial charge in [0.15, 0.2) is 5.13 Å². The van der Waals surface area contributed by atoms with Crippen LogP contribution in [-0.4, -0.2) is 54.4 Å². The van der Waals surface area contributed by atoms with Gasteiger partial charge in [-0.05, 0) is 37.8 Å². The van der Waals surface area contributed by atoms with Crippen molar-refractivity contribution in [1.29, 1.82) is 0 Å². The Bertz CT molecular complexity index is 788. The number of benzene rings is 1. The van der Waals surface area contributed by atoms with E-state index in [-0.39, 0.29) is 17.7 Å². The summed E-state index contributed by atoms with van der Waals surface area (Å²) in [6.07, 6.45) is 4.41. The van der Waals surface area contributed by atoms with Gasteiger partial charge in [-0.3, -0.25) is 9.59 Å². The van der Waals surface area contributed by atoms with Gasteiger partial charge in [0.25, 0.3) is 0 Å². The van der Waals surface area contributed by atoms with Crippen LogP contribution in [-0.2, 0) is 9.59 Å². The Kier molecular flexibility index (Phi) is 5.57. The standard InChI is InChI=1S/C20H26N4O2S/c25-18-9-4-11-23(18)13-5-10-21-19(26)15-6-3-12-24(14-15)20-22-16-7-1-2-8-17(16)27-20/h1-2,7-8,15H,3-6,9-14H2,(H,21,26). The topological polar surface area (TPSA) is 65.5 Å². The van der Waals surface area contributed by atoms with Crippen LogP contribution < -0.4 is 10.2 Å². The normalized spacial score (nSPS) is 20.4. The monoisotopic (exact) mass is 386 g/mol. The summed E-state index contributed by atoms with van der Waals surface area (Å²) >= 11 is 1.70. The maximum atomic E-state index is 12.6. The molecule has 1 atom stereocenters. The summed E-state index contributed by atoms with van der Waals surface area (Å²) in [6.45, 7) is 3.95. The third-order valence-electron chi connectivity index (χ3n) is 5.42. The number of carbonyl (C=O) groups excluding carboxylic acids is 2. The molecule has 2 fully saturated rings. The number of nitrogens with zero attached hydrogens (tertiary/aromatic N) is 3. The molecule has 1 unspecified atom stereocenters. The van der Waals surface area contributed by atoms with Gasteiger partial charge in [0.2, 0.25) is 11.8 Å².